The van der Waals surface area contributed by atoms with Crippen LogP contribution in [0, 0.1) is 0 Å². The molecule has 1 atom stereocenters. The number of rotatable bonds is 4. The molecule has 1 aromatic rings. The summed E-state index contributed by atoms with van der Waals surface area (Å²) >= 11 is 5.81. The van der Waals surface area contributed by atoms with Crippen molar-refractivity contribution in [3.63, 3.8) is 0 Å². The van der Waals surface area contributed by atoms with Crippen LogP contribution in [0.2, 0.25) is 5.02 Å². The molecule has 110 valence electrons. The number of amides is 1. The Hall–Kier alpha value is -1.15. The van der Waals surface area contributed by atoms with Crippen LogP contribution < -0.4 is 9.62 Å². The molecule has 1 heterocycles. The number of nitrogens with zero attached hydrogens (tertiary/aromatic N) is 1. The normalized spacial score (nSPS) is 20.2. The fraction of sp³-hybridized carbons (Fsp3) is 0.417. The summed E-state index contributed by atoms with van der Waals surface area (Å²) in [6.45, 7) is 0.359. The minimum Gasteiger partial charge on any atom is -0.365 e. The molecule has 0 aromatic heterocycles. The second-order valence-electron chi connectivity index (χ2n) is 4.53. The van der Waals surface area contributed by atoms with Gasteiger partial charge in [-0.05, 0) is 24.3 Å². The Labute approximate surface area is 122 Å². The van der Waals surface area contributed by atoms with Gasteiger partial charge < -0.3 is 9.64 Å². The summed E-state index contributed by atoms with van der Waals surface area (Å²) in [4.78, 5) is 13.4. The van der Waals surface area contributed by atoms with E-state index >= 15 is 0 Å². The zero-order valence-electron chi connectivity index (χ0n) is 10.9. The van der Waals surface area contributed by atoms with Crippen molar-refractivity contribution in [3.05, 3.63) is 29.3 Å². The molecule has 8 heteroatoms. The Morgan fingerprint density at radius 1 is 1.40 bits per heavy atom. The third-order valence-electron chi connectivity index (χ3n) is 2.84. The van der Waals surface area contributed by atoms with Crippen molar-refractivity contribution >= 4 is 33.2 Å². The van der Waals surface area contributed by atoms with Crippen LogP contribution in [-0.2, 0) is 19.6 Å². The maximum atomic E-state index is 11.9. The van der Waals surface area contributed by atoms with E-state index in [1.165, 1.54) is 0 Å². The molecule has 2 rings (SSSR count). The average Bonchev–Trinajstić information content (AvgIpc) is 2.38. The minimum absolute atomic E-state index is 0.0707. The van der Waals surface area contributed by atoms with Crippen LogP contribution in [0.15, 0.2) is 24.3 Å². The first-order valence-corrected chi connectivity index (χ1v) is 8.24. The number of benzene rings is 1. The lowest BCUT2D eigenvalue weighted by molar-refractivity contribution is -0.129. The quantitative estimate of drug-likeness (QED) is 0.883. The van der Waals surface area contributed by atoms with Gasteiger partial charge in [0.1, 0.15) is 6.61 Å². The SMILES string of the molecule is CS(=O)(=O)NCC1CN(c2ccc(Cl)cc2)C(=O)CO1. The van der Waals surface area contributed by atoms with E-state index in [4.69, 9.17) is 16.3 Å². The highest BCUT2D eigenvalue weighted by atomic mass is 35.5. The number of anilines is 1. The van der Waals surface area contributed by atoms with Gasteiger partial charge in [0.05, 0.1) is 18.9 Å². The largest absolute Gasteiger partial charge is 0.365 e. The van der Waals surface area contributed by atoms with Gasteiger partial charge in [0.25, 0.3) is 5.91 Å². The molecule has 1 aliphatic heterocycles. The number of sulfonamides is 1. The smallest absolute Gasteiger partial charge is 0.253 e. The first-order valence-electron chi connectivity index (χ1n) is 5.97. The molecular formula is C12H15ClN2O4S. The van der Waals surface area contributed by atoms with Crippen LogP contribution in [0.1, 0.15) is 0 Å². The van der Waals surface area contributed by atoms with Gasteiger partial charge >= 0.3 is 0 Å². The highest BCUT2D eigenvalue weighted by Crippen LogP contribution is 2.21. The number of nitrogens with one attached hydrogen (secondary N) is 1. The number of hydrogen-bond acceptors (Lipinski definition) is 4. The van der Waals surface area contributed by atoms with Crippen LogP contribution in [0.3, 0.4) is 0 Å². The topological polar surface area (TPSA) is 75.7 Å². The van der Waals surface area contributed by atoms with E-state index in [0.29, 0.717) is 17.3 Å². The molecule has 1 saturated heterocycles. The molecule has 0 bridgehead atoms. The lowest BCUT2D eigenvalue weighted by Gasteiger charge is -2.32. The number of carbonyl (C=O) groups excluding carboxylic acids is 1. The summed E-state index contributed by atoms with van der Waals surface area (Å²) in [5.74, 6) is -0.164. The first-order chi connectivity index (χ1) is 9.35. The van der Waals surface area contributed by atoms with Gasteiger partial charge in [-0.3, -0.25) is 4.79 Å². The van der Waals surface area contributed by atoms with E-state index in [1.54, 1.807) is 29.2 Å². The van der Waals surface area contributed by atoms with Crippen LogP contribution in [0.4, 0.5) is 5.69 Å². The Bertz CT molecular complexity index is 588. The molecular weight excluding hydrogens is 304 g/mol. The Kier molecular flexibility index (Phi) is 4.64. The Morgan fingerprint density at radius 2 is 2.05 bits per heavy atom. The summed E-state index contributed by atoms with van der Waals surface area (Å²) in [6, 6.07) is 6.88. The van der Waals surface area contributed by atoms with Crippen molar-refractivity contribution in [3.8, 4) is 0 Å². The van der Waals surface area contributed by atoms with Gasteiger partial charge in [-0.25, -0.2) is 13.1 Å². The van der Waals surface area contributed by atoms with E-state index in [2.05, 4.69) is 4.72 Å². The van der Waals surface area contributed by atoms with E-state index in [9.17, 15) is 13.2 Å². The van der Waals surface area contributed by atoms with Crippen LogP contribution in [0.25, 0.3) is 0 Å². The Morgan fingerprint density at radius 3 is 2.65 bits per heavy atom. The highest BCUT2D eigenvalue weighted by molar-refractivity contribution is 7.88. The fourth-order valence-electron chi connectivity index (χ4n) is 1.86. The van der Waals surface area contributed by atoms with Crippen LogP contribution >= 0.6 is 11.6 Å². The monoisotopic (exact) mass is 318 g/mol. The summed E-state index contributed by atoms with van der Waals surface area (Å²) in [5.41, 5.74) is 0.715. The predicted molar refractivity (Wildman–Crippen MR) is 76.4 cm³/mol. The molecule has 0 radical (unpaired) electrons. The van der Waals surface area contributed by atoms with Crippen LogP contribution in [-0.4, -0.2) is 46.4 Å². The van der Waals surface area contributed by atoms with Gasteiger partial charge in [0, 0.05) is 17.3 Å². The maximum Gasteiger partial charge on any atom is 0.253 e. The van der Waals surface area contributed by atoms with Crippen molar-refractivity contribution in [1.82, 2.24) is 4.72 Å². The highest BCUT2D eigenvalue weighted by Gasteiger charge is 2.27. The molecule has 1 aliphatic rings. The second kappa shape index (κ2) is 6.09. The van der Waals surface area contributed by atoms with Gasteiger partial charge in [0.15, 0.2) is 0 Å². The molecule has 0 aliphatic carbocycles. The molecule has 6 nitrogen and oxygen atoms in total. The van der Waals surface area contributed by atoms with Gasteiger partial charge in [-0.1, -0.05) is 11.6 Å². The molecule has 1 fully saturated rings. The minimum atomic E-state index is -3.28. The van der Waals surface area contributed by atoms with Crippen molar-refractivity contribution in [2.24, 2.45) is 0 Å². The van der Waals surface area contributed by atoms with Crippen LogP contribution in [0.5, 0.6) is 0 Å². The van der Waals surface area contributed by atoms with Crippen molar-refractivity contribution < 1.29 is 17.9 Å². The van der Waals surface area contributed by atoms with Gasteiger partial charge in [0.2, 0.25) is 10.0 Å². The lowest BCUT2D eigenvalue weighted by Crippen LogP contribution is -2.50. The molecule has 1 unspecified atom stereocenters. The van der Waals surface area contributed by atoms with E-state index in [-0.39, 0.29) is 25.2 Å². The fourth-order valence-corrected chi connectivity index (χ4v) is 2.48. The number of carbonyl (C=O) groups is 1. The van der Waals surface area contributed by atoms with E-state index < -0.39 is 10.0 Å². The molecule has 1 aromatic carbocycles. The third-order valence-corrected chi connectivity index (χ3v) is 3.78. The molecule has 20 heavy (non-hydrogen) atoms. The maximum absolute atomic E-state index is 11.9. The Balaban J connectivity index is 2.05. The number of halogens is 1. The number of hydrogen-bond donors (Lipinski definition) is 1. The van der Waals surface area contributed by atoms with E-state index in [0.717, 1.165) is 6.26 Å². The molecule has 0 spiro atoms. The zero-order valence-corrected chi connectivity index (χ0v) is 12.4. The number of morpholine rings is 1. The third kappa shape index (κ3) is 4.17. The second-order valence-corrected chi connectivity index (χ2v) is 6.80. The summed E-state index contributed by atoms with van der Waals surface area (Å²) in [6.07, 6.45) is 0.705. The van der Waals surface area contributed by atoms with Gasteiger partial charge in [-0.15, -0.1) is 0 Å². The molecule has 1 amide bonds. The summed E-state index contributed by atoms with van der Waals surface area (Å²) in [7, 11) is -3.28. The summed E-state index contributed by atoms with van der Waals surface area (Å²) < 4.78 is 29.8. The average molecular weight is 319 g/mol. The molecule has 0 saturated carbocycles. The predicted octanol–water partition coefficient (Wildman–Crippen LogP) is 0.621. The summed E-state index contributed by atoms with van der Waals surface area (Å²) in [5, 5.41) is 0.588. The van der Waals surface area contributed by atoms with Crippen molar-refractivity contribution in [2.75, 3.05) is 30.9 Å². The van der Waals surface area contributed by atoms with E-state index in [1.807, 2.05) is 0 Å². The zero-order chi connectivity index (χ0) is 14.8. The standard InChI is InChI=1S/C12H15ClN2O4S/c1-20(17,18)14-6-11-7-15(12(16)8-19-11)10-4-2-9(13)3-5-10/h2-5,11,14H,6-8H2,1H3. The van der Waals surface area contributed by atoms with Gasteiger partial charge in [-0.2, -0.15) is 0 Å². The van der Waals surface area contributed by atoms with Crippen molar-refractivity contribution in [1.29, 1.82) is 0 Å². The first kappa shape index (κ1) is 15.2. The molecule has 1 N–H and O–H groups in total. The lowest BCUT2D eigenvalue weighted by atomic mass is 10.2. The van der Waals surface area contributed by atoms with Crippen molar-refractivity contribution in [2.45, 2.75) is 6.10 Å². The number of ether oxygens (including phenoxy) is 1.